The van der Waals surface area contributed by atoms with Crippen molar-refractivity contribution in [1.29, 1.82) is 0 Å². The van der Waals surface area contributed by atoms with Gasteiger partial charge in [-0.3, -0.25) is 9.59 Å². The molecule has 0 bridgehead atoms. The van der Waals surface area contributed by atoms with Gasteiger partial charge in [0, 0.05) is 17.8 Å². The largest absolute Gasteiger partial charge is 0.370 e. The van der Waals surface area contributed by atoms with Gasteiger partial charge in [-0.25, -0.2) is 4.98 Å². The molecule has 0 atom stereocenters. The van der Waals surface area contributed by atoms with Gasteiger partial charge < -0.3 is 15.8 Å². The van der Waals surface area contributed by atoms with E-state index in [9.17, 15) is 9.59 Å². The van der Waals surface area contributed by atoms with Gasteiger partial charge in [-0.1, -0.05) is 24.9 Å². The number of carbonyl (C=O) groups is 2. The monoisotopic (exact) mass is 299 g/mol. The maximum atomic E-state index is 11.9. The molecule has 6 nitrogen and oxygen atoms in total. The summed E-state index contributed by atoms with van der Waals surface area (Å²) in [7, 11) is 0. The van der Waals surface area contributed by atoms with Crippen molar-refractivity contribution in [2.24, 2.45) is 5.73 Å². The highest BCUT2D eigenvalue weighted by atomic mass is 35.5. The summed E-state index contributed by atoms with van der Waals surface area (Å²) in [4.78, 5) is 26.5. The molecule has 1 rings (SSSR count). The second kappa shape index (κ2) is 8.50. The summed E-state index contributed by atoms with van der Waals surface area (Å²) in [5.41, 5.74) is 6.16. The van der Waals surface area contributed by atoms with Crippen molar-refractivity contribution < 1.29 is 14.3 Å². The first-order chi connectivity index (χ1) is 9.52. The average Bonchev–Trinajstić information content (AvgIpc) is 2.37. The smallest absolute Gasteiger partial charge is 0.251 e. The second-order valence-electron chi connectivity index (χ2n) is 4.19. The summed E-state index contributed by atoms with van der Waals surface area (Å²) in [6.45, 7) is 2.38. The number of ether oxygens (including phenoxy) is 1. The number of halogens is 1. The van der Waals surface area contributed by atoms with E-state index >= 15 is 0 Å². The normalized spacial score (nSPS) is 10.3. The van der Waals surface area contributed by atoms with Crippen LogP contribution in [0.5, 0.6) is 0 Å². The molecule has 7 heteroatoms. The fraction of sp³-hybridized carbons (Fsp3) is 0.462. The Hall–Kier alpha value is -1.66. The van der Waals surface area contributed by atoms with Crippen LogP contribution in [0.2, 0.25) is 5.15 Å². The molecule has 0 radical (unpaired) electrons. The topological polar surface area (TPSA) is 94.3 Å². The third-order valence-electron chi connectivity index (χ3n) is 2.39. The van der Waals surface area contributed by atoms with E-state index in [-0.39, 0.29) is 25.7 Å². The van der Waals surface area contributed by atoms with Gasteiger partial charge in [-0.15, -0.1) is 0 Å². The standard InChI is InChI=1S/C13H18ClN3O3/c1-2-3-10-6-9(7-11(14)17-10)13(19)16-4-5-20-8-12(15)18/h6-7H,2-5,8H2,1H3,(H2,15,18)(H,16,19). The van der Waals surface area contributed by atoms with E-state index in [0.29, 0.717) is 10.7 Å². The zero-order chi connectivity index (χ0) is 15.0. The highest BCUT2D eigenvalue weighted by molar-refractivity contribution is 6.29. The Morgan fingerprint density at radius 1 is 1.45 bits per heavy atom. The Morgan fingerprint density at radius 2 is 2.20 bits per heavy atom. The molecule has 0 fully saturated rings. The van der Waals surface area contributed by atoms with Crippen LogP contribution in [-0.4, -0.2) is 36.6 Å². The maximum absolute atomic E-state index is 11.9. The molecule has 2 amide bonds. The van der Waals surface area contributed by atoms with Gasteiger partial charge >= 0.3 is 0 Å². The lowest BCUT2D eigenvalue weighted by atomic mass is 10.1. The number of carbonyl (C=O) groups excluding carboxylic acids is 2. The SMILES string of the molecule is CCCc1cc(C(=O)NCCOCC(N)=O)cc(Cl)n1. The Bertz CT molecular complexity index is 480. The number of pyridine rings is 1. The van der Waals surface area contributed by atoms with Crippen LogP contribution < -0.4 is 11.1 Å². The Labute approximate surface area is 122 Å². The lowest BCUT2D eigenvalue weighted by Gasteiger charge is -2.07. The number of hydrogen-bond donors (Lipinski definition) is 2. The third kappa shape index (κ3) is 5.99. The van der Waals surface area contributed by atoms with E-state index in [1.807, 2.05) is 6.92 Å². The Morgan fingerprint density at radius 3 is 2.85 bits per heavy atom. The molecule has 3 N–H and O–H groups in total. The molecule has 0 aromatic carbocycles. The third-order valence-corrected chi connectivity index (χ3v) is 2.59. The van der Waals surface area contributed by atoms with E-state index in [2.05, 4.69) is 10.3 Å². The van der Waals surface area contributed by atoms with Crippen molar-refractivity contribution in [3.8, 4) is 0 Å². The van der Waals surface area contributed by atoms with Crippen LogP contribution in [0, 0.1) is 0 Å². The minimum Gasteiger partial charge on any atom is -0.370 e. The number of primary amides is 1. The number of amides is 2. The van der Waals surface area contributed by atoms with Crippen LogP contribution in [0.4, 0.5) is 0 Å². The summed E-state index contributed by atoms with van der Waals surface area (Å²) < 4.78 is 4.94. The molecule has 0 saturated carbocycles. The minimum absolute atomic E-state index is 0.155. The highest BCUT2D eigenvalue weighted by Gasteiger charge is 2.08. The van der Waals surface area contributed by atoms with Crippen LogP contribution in [-0.2, 0) is 16.0 Å². The van der Waals surface area contributed by atoms with Crippen molar-refractivity contribution in [1.82, 2.24) is 10.3 Å². The quantitative estimate of drug-likeness (QED) is 0.551. The van der Waals surface area contributed by atoms with Gasteiger partial charge in [0.05, 0.1) is 6.61 Å². The molecule has 20 heavy (non-hydrogen) atoms. The molecule has 110 valence electrons. The van der Waals surface area contributed by atoms with E-state index in [0.717, 1.165) is 18.5 Å². The fourth-order valence-electron chi connectivity index (χ4n) is 1.58. The number of rotatable bonds is 8. The predicted molar refractivity (Wildman–Crippen MR) is 75.6 cm³/mol. The molecule has 0 aliphatic heterocycles. The molecule has 1 heterocycles. The van der Waals surface area contributed by atoms with Crippen LogP contribution in [0.3, 0.4) is 0 Å². The van der Waals surface area contributed by atoms with Crippen LogP contribution in [0.25, 0.3) is 0 Å². The van der Waals surface area contributed by atoms with Gasteiger partial charge in [-0.05, 0) is 18.6 Å². The average molecular weight is 300 g/mol. The van der Waals surface area contributed by atoms with Crippen molar-refractivity contribution in [3.63, 3.8) is 0 Å². The van der Waals surface area contributed by atoms with Crippen molar-refractivity contribution in [2.75, 3.05) is 19.8 Å². The van der Waals surface area contributed by atoms with Crippen LogP contribution in [0.15, 0.2) is 12.1 Å². The Kier molecular flexibility index (Phi) is 6.97. The number of nitrogens with two attached hydrogens (primary N) is 1. The molecule has 0 unspecified atom stereocenters. The van der Waals surface area contributed by atoms with Crippen molar-refractivity contribution >= 4 is 23.4 Å². The second-order valence-corrected chi connectivity index (χ2v) is 4.58. The van der Waals surface area contributed by atoms with Crippen LogP contribution in [0.1, 0.15) is 29.4 Å². The summed E-state index contributed by atoms with van der Waals surface area (Å²) >= 11 is 5.88. The summed E-state index contributed by atoms with van der Waals surface area (Å²) in [6, 6.07) is 3.23. The lowest BCUT2D eigenvalue weighted by molar-refractivity contribution is -0.122. The van der Waals surface area contributed by atoms with Crippen molar-refractivity contribution in [2.45, 2.75) is 19.8 Å². The molecular weight excluding hydrogens is 282 g/mol. The maximum Gasteiger partial charge on any atom is 0.251 e. The minimum atomic E-state index is -0.540. The van der Waals surface area contributed by atoms with E-state index in [4.69, 9.17) is 22.1 Å². The molecule has 0 aliphatic rings. The molecule has 1 aromatic rings. The molecule has 0 saturated heterocycles. The molecule has 1 aromatic heterocycles. The number of nitrogens with zero attached hydrogens (tertiary/aromatic N) is 1. The number of aryl methyl sites for hydroxylation is 1. The number of aromatic nitrogens is 1. The zero-order valence-corrected chi connectivity index (χ0v) is 12.1. The summed E-state index contributed by atoms with van der Waals surface area (Å²) in [5, 5.41) is 2.96. The first kappa shape index (κ1) is 16.4. The molecule has 0 aliphatic carbocycles. The number of nitrogens with one attached hydrogen (secondary N) is 1. The fourth-order valence-corrected chi connectivity index (χ4v) is 1.80. The molecular formula is C13H18ClN3O3. The number of hydrogen-bond acceptors (Lipinski definition) is 4. The van der Waals surface area contributed by atoms with Gasteiger partial charge in [0.1, 0.15) is 11.8 Å². The van der Waals surface area contributed by atoms with E-state index < -0.39 is 5.91 Å². The Balaban J connectivity index is 2.48. The van der Waals surface area contributed by atoms with Crippen LogP contribution >= 0.6 is 11.6 Å². The van der Waals surface area contributed by atoms with Crippen molar-refractivity contribution in [3.05, 3.63) is 28.5 Å². The van der Waals surface area contributed by atoms with Gasteiger partial charge in [-0.2, -0.15) is 0 Å². The predicted octanol–water partition coefficient (Wildman–Crippen LogP) is 0.919. The van der Waals surface area contributed by atoms with Gasteiger partial charge in [0.15, 0.2) is 0 Å². The zero-order valence-electron chi connectivity index (χ0n) is 11.3. The highest BCUT2D eigenvalue weighted by Crippen LogP contribution is 2.12. The summed E-state index contributed by atoms with van der Waals surface area (Å²) in [6.07, 6.45) is 1.69. The first-order valence-electron chi connectivity index (χ1n) is 6.33. The van der Waals surface area contributed by atoms with Gasteiger partial charge in [0.25, 0.3) is 5.91 Å². The molecule has 0 spiro atoms. The van der Waals surface area contributed by atoms with E-state index in [1.165, 1.54) is 6.07 Å². The lowest BCUT2D eigenvalue weighted by Crippen LogP contribution is -2.29. The van der Waals surface area contributed by atoms with E-state index in [1.54, 1.807) is 6.07 Å². The van der Waals surface area contributed by atoms with Gasteiger partial charge in [0.2, 0.25) is 5.91 Å². The summed E-state index contributed by atoms with van der Waals surface area (Å²) in [5.74, 6) is -0.796. The first-order valence-corrected chi connectivity index (χ1v) is 6.71.